The van der Waals surface area contributed by atoms with Crippen LogP contribution >= 0.6 is 0 Å². The number of hydrogen-bond acceptors (Lipinski definition) is 4. The summed E-state index contributed by atoms with van der Waals surface area (Å²) in [5.74, 6) is 0.258. The fraction of sp³-hybridized carbons (Fsp3) is 0.400. The molecule has 0 radical (unpaired) electrons. The van der Waals surface area contributed by atoms with Crippen molar-refractivity contribution in [1.29, 1.82) is 0 Å². The van der Waals surface area contributed by atoms with E-state index in [0.717, 1.165) is 42.6 Å². The monoisotopic (exact) mass is 425 g/mol. The second kappa shape index (κ2) is 11.1. The van der Waals surface area contributed by atoms with Crippen molar-refractivity contribution in [1.82, 2.24) is 14.7 Å². The fourth-order valence-electron chi connectivity index (χ4n) is 3.78. The van der Waals surface area contributed by atoms with Crippen LogP contribution in [0.4, 0.5) is 4.39 Å². The molecule has 31 heavy (non-hydrogen) atoms. The van der Waals surface area contributed by atoms with Crippen LogP contribution in [0.5, 0.6) is 11.6 Å². The van der Waals surface area contributed by atoms with Crippen LogP contribution in [-0.4, -0.2) is 39.0 Å². The number of aliphatic hydroxyl groups excluding tert-OH is 1. The van der Waals surface area contributed by atoms with Crippen LogP contribution in [0.2, 0.25) is 0 Å². The van der Waals surface area contributed by atoms with Gasteiger partial charge in [0.05, 0.1) is 11.7 Å². The number of aliphatic hydroxyl groups is 1. The van der Waals surface area contributed by atoms with Gasteiger partial charge in [-0.2, -0.15) is 5.10 Å². The molecule has 1 atom stereocenters. The van der Waals surface area contributed by atoms with Gasteiger partial charge in [0.1, 0.15) is 5.69 Å². The summed E-state index contributed by atoms with van der Waals surface area (Å²) < 4.78 is 22.0. The number of hydrogen-bond donors (Lipinski definition) is 1. The van der Waals surface area contributed by atoms with Crippen LogP contribution in [0.25, 0.3) is 11.3 Å². The number of rotatable bonds is 11. The maximum atomic E-state index is 14.3. The number of benzene rings is 2. The van der Waals surface area contributed by atoms with E-state index >= 15 is 0 Å². The van der Waals surface area contributed by atoms with Gasteiger partial charge in [-0.15, -0.1) is 0 Å². The summed E-state index contributed by atoms with van der Waals surface area (Å²) in [5, 5.41) is 15.1. The Balaban J connectivity index is 2.00. The van der Waals surface area contributed by atoms with Gasteiger partial charge in [-0.1, -0.05) is 62.7 Å². The fourth-order valence-corrected chi connectivity index (χ4v) is 3.78. The Labute approximate surface area is 184 Å². The normalized spacial score (nSPS) is 12.3. The third kappa shape index (κ3) is 5.93. The molecule has 6 heteroatoms. The smallest absolute Gasteiger partial charge is 0.222 e. The van der Waals surface area contributed by atoms with E-state index in [9.17, 15) is 9.50 Å². The summed E-state index contributed by atoms with van der Waals surface area (Å²) >= 11 is 0. The van der Waals surface area contributed by atoms with Crippen molar-refractivity contribution in [3.63, 3.8) is 0 Å². The van der Waals surface area contributed by atoms with Crippen molar-refractivity contribution in [2.45, 2.75) is 45.8 Å². The molecule has 1 heterocycles. The van der Waals surface area contributed by atoms with Crippen molar-refractivity contribution >= 4 is 0 Å². The Kier molecular flexibility index (Phi) is 8.20. The lowest BCUT2D eigenvalue weighted by Gasteiger charge is -2.25. The van der Waals surface area contributed by atoms with Crippen molar-refractivity contribution in [3.05, 3.63) is 66.0 Å². The minimum Gasteiger partial charge on any atom is -0.436 e. The van der Waals surface area contributed by atoms with Crippen molar-refractivity contribution in [3.8, 4) is 22.9 Å². The summed E-state index contributed by atoms with van der Waals surface area (Å²) in [6, 6.07) is 16.3. The topological polar surface area (TPSA) is 50.5 Å². The highest BCUT2D eigenvalue weighted by Crippen LogP contribution is 2.35. The van der Waals surface area contributed by atoms with E-state index in [2.05, 4.69) is 18.7 Å². The average molecular weight is 426 g/mol. The predicted molar refractivity (Wildman–Crippen MR) is 122 cm³/mol. The molecule has 0 bridgehead atoms. The zero-order valence-corrected chi connectivity index (χ0v) is 18.6. The van der Waals surface area contributed by atoms with Crippen molar-refractivity contribution in [2.24, 2.45) is 7.05 Å². The lowest BCUT2D eigenvalue weighted by atomic mass is 10.1. The van der Waals surface area contributed by atoms with Gasteiger partial charge in [-0.25, -0.2) is 9.07 Å². The zero-order valence-electron chi connectivity index (χ0n) is 18.6. The molecule has 0 spiro atoms. The molecule has 166 valence electrons. The van der Waals surface area contributed by atoms with E-state index in [0.29, 0.717) is 19.0 Å². The standard InChI is InChI=1S/C25H32FN3O2/c1-4-11-20(30)17-29(16-5-2)18-21-24(19-12-7-6-8-13-19)27-28(3)25(21)31-23-15-10-9-14-22(23)26/h6-10,12-15,20,30H,4-5,11,16-18H2,1-3H3. The van der Waals surface area contributed by atoms with Gasteiger partial charge in [-0.05, 0) is 31.5 Å². The third-order valence-corrected chi connectivity index (χ3v) is 5.19. The van der Waals surface area contributed by atoms with Crippen LogP contribution in [0, 0.1) is 5.82 Å². The quantitative estimate of drug-likeness (QED) is 0.447. The maximum Gasteiger partial charge on any atom is 0.222 e. The Morgan fingerprint density at radius 1 is 1.06 bits per heavy atom. The van der Waals surface area contributed by atoms with E-state index in [-0.39, 0.29) is 11.9 Å². The predicted octanol–water partition coefficient (Wildman–Crippen LogP) is 5.39. The minimum atomic E-state index is -0.417. The van der Waals surface area contributed by atoms with E-state index in [1.54, 1.807) is 22.9 Å². The summed E-state index contributed by atoms with van der Waals surface area (Å²) in [6.07, 6.45) is 2.27. The van der Waals surface area contributed by atoms with E-state index < -0.39 is 5.82 Å². The van der Waals surface area contributed by atoms with Gasteiger partial charge in [0.15, 0.2) is 11.6 Å². The molecule has 0 fully saturated rings. The Morgan fingerprint density at radius 3 is 2.45 bits per heavy atom. The SMILES string of the molecule is CCCC(O)CN(CCC)Cc1c(-c2ccccc2)nn(C)c1Oc1ccccc1F. The molecule has 0 aliphatic carbocycles. The van der Waals surface area contributed by atoms with Gasteiger partial charge < -0.3 is 9.84 Å². The molecule has 0 saturated heterocycles. The molecule has 3 rings (SSSR count). The second-order valence-electron chi connectivity index (χ2n) is 7.83. The summed E-state index contributed by atoms with van der Waals surface area (Å²) in [4.78, 5) is 2.22. The number of ether oxygens (including phenoxy) is 1. The van der Waals surface area contributed by atoms with E-state index in [4.69, 9.17) is 9.84 Å². The Bertz CT molecular complexity index is 959. The minimum absolute atomic E-state index is 0.166. The largest absolute Gasteiger partial charge is 0.436 e. The molecule has 2 aromatic carbocycles. The van der Waals surface area contributed by atoms with Crippen LogP contribution in [0.15, 0.2) is 54.6 Å². The van der Waals surface area contributed by atoms with Crippen LogP contribution in [0.1, 0.15) is 38.7 Å². The molecule has 5 nitrogen and oxygen atoms in total. The number of halogens is 1. The Hall–Kier alpha value is -2.70. The average Bonchev–Trinajstić information content (AvgIpc) is 3.06. The van der Waals surface area contributed by atoms with E-state index in [1.165, 1.54) is 6.07 Å². The second-order valence-corrected chi connectivity index (χ2v) is 7.83. The highest BCUT2D eigenvalue weighted by atomic mass is 19.1. The van der Waals surface area contributed by atoms with Gasteiger partial charge in [0, 0.05) is 25.7 Å². The number of aromatic nitrogens is 2. The van der Waals surface area contributed by atoms with Gasteiger partial charge in [0.25, 0.3) is 0 Å². The molecule has 0 aliphatic rings. The molecular weight excluding hydrogens is 393 g/mol. The molecule has 1 unspecified atom stereocenters. The summed E-state index contributed by atoms with van der Waals surface area (Å²) in [7, 11) is 1.81. The lowest BCUT2D eigenvalue weighted by molar-refractivity contribution is 0.100. The van der Waals surface area contributed by atoms with Crippen molar-refractivity contribution < 1.29 is 14.2 Å². The first-order chi connectivity index (χ1) is 15.0. The maximum absolute atomic E-state index is 14.3. The highest BCUT2D eigenvalue weighted by molar-refractivity contribution is 5.65. The first kappa shape index (κ1) is 23.0. The molecule has 3 aromatic rings. The summed E-state index contributed by atoms with van der Waals surface area (Å²) in [6.45, 7) is 6.16. The van der Waals surface area contributed by atoms with E-state index in [1.807, 2.05) is 37.4 Å². The first-order valence-corrected chi connectivity index (χ1v) is 11.0. The number of para-hydroxylation sites is 1. The van der Waals surface area contributed by atoms with Crippen LogP contribution < -0.4 is 4.74 Å². The molecule has 1 N–H and O–H groups in total. The number of aryl methyl sites for hydroxylation is 1. The lowest BCUT2D eigenvalue weighted by Crippen LogP contribution is -2.32. The number of nitrogens with zero attached hydrogens (tertiary/aromatic N) is 3. The van der Waals surface area contributed by atoms with Gasteiger partial charge in [-0.3, -0.25) is 4.90 Å². The van der Waals surface area contributed by atoms with Crippen LogP contribution in [0.3, 0.4) is 0 Å². The zero-order chi connectivity index (χ0) is 22.2. The van der Waals surface area contributed by atoms with Crippen LogP contribution in [-0.2, 0) is 13.6 Å². The molecular formula is C25H32FN3O2. The third-order valence-electron chi connectivity index (χ3n) is 5.19. The molecule has 1 aromatic heterocycles. The molecule has 0 saturated carbocycles. The van der Waals surface area contributed by atoms with Gasteiger partial charge >= 0.3 is 0 Å². The Morgan fingerprint density at radius 2 is 1.77 bits per heavy atom. The van der Waals surface area contributed by atoms with Crippen molar-refractivity contribution in [2.75, 3.05) is 13.1 Å². The molecule has 0 amide bonds. The highest BCUT2D eigenvalue weighted by Gasteiger charge is 2.23. The van der Waals surface area contributed by atoms with Gasteiger partial charge in [0.2, 0.25) is 5.88 Å². The first-order valence-electron chi connectivity index (χ1n) is 11.0. The molecule has 0 aliphatic heterocycles. The summed E-state index contributed by atoms with van der Waals surface area (Å²) in [5.41, 5.74) is 2.66.